The molecule has 1 saturated carbocycles. The number of hydrogen-bond acceptors (Lipinski definition) is 4. The summed E-state index contributed by atoms with van der Waals surface area (Å²) in [6.45, 7) is 3.03. The number of H-pyrrole nitrogens is 1. The van der Waals surface area contributed by atoms with E-state index in [2.05, 4.69) is 41.1 Å². The highest BCUT2D eigenvalue weighted by Gasteiger charge is 2.65. The van der Waals surface area contributed by atoms with Crippen LogP contribution >= 0.6 is 0 Å². The molecule has 4 heterocycles. The van der Waals surface area contributed by atoms with E-state index in [0.29, 0.717) is 12.3 Å². The fourth-order valence-electron chi connectivity index (χ4n) is 6.44. The second kappa shape index (κ2) is 5.84. The molecule has 27 heavy (non-hydrogen) atoms. The molecule has 6 atom stereocenters. The van der Waals surface area contributed by atoms with E-state index in [9.17, 15) is 10.1 Å². The summed E-state index contributed by atoms with van der Waals surface area (Å²) in [4.78, 5) is 19.3. The summed E-state index contributed by atoms with van der Waals surface area (Å²) in [6, 6.07) is 10.8. The smallest absolute Gasteiger partial charge is 0.319 e. The Labute approximate surface area is 159 Å². The molecule has 140 valence electrons. The summed E-state index contributed by atoms with van der Waals surface area (Å²) < 4.78 is 5.42. The number of para-hydroxylation sites is 1. The zero-order valence-corrected chi connectivity index (χ0v) is 15.9. The molecule has 0 amide bonds. The minimum atomic E-state index is -0.698. The average molecular weight is 363 g/mol. The number of nitriles is 1. The summed E-state index contributed by atoms with van der Waals surface area (Å²) in [5.41, 5.74) is 2.67. The predicted octanol–water partition coefficient (Wildman–Crippen LogP) is 3.15. The summed E-state index contributed by atoms with van der Waals surface area (Å²) in [5.74, 6) is 0.470. The molecular formula is C22H25N3O2. The number of nitrogens with zero attached hydrogens (tertiary/aromatic N) is 2. The van der Waals surface area contributed by atoms with E-state index in [0.717, 1.165) is 37.0 Å². The third-order valence-electron chi connectivity index (χ3n) is 7.39. The van der Waals surface area contributed by atoms with Crippen molar-refractivity contribution in [3.05, 3.63) is 35.5 Å². The molecule has 1 aromatic heterocycles. The highest BCUT2D eigenvalue weighted by Crippen LogP contribution is 2.57. The Kier molecular flexibility index (Phi) is 3.64. The van der Waals surface area contributed by atoms with Gasteiger partial charge in [0, 0.05) is 29.2 Å². The van der Waals surface area contributed by atoms with Crippen LogP contribution in [0.15, 0.2) is 24.3 Å². The predicted molar refractivity (Wildman–Crippen MR) is 102 cm³/mol. The van der Waals surface area contributed by atoms with Crippen molar-refractivity contribution in [1.29, 1.82) is 5.26 Å². The average Bonchev–Trinajstić information content (AvgIpc) is 3.04. The summed E-state index contributed by atoms with van der Waals surface area (Å²) in [7, 11) is 1.50. The third-order valence-corrected chi connectivity index (χ3v) is 7.39. The monoisotopic (exact) mass is 363 g/mol. The van der Waals surface area contributed by atoms with Gasteiger partial charge in [0.05, 0.1) is 13.2 Å². The van der Waals surface area contributed by atoms with E-state index in [-0.39, 0.29) is 24.0 Å². The second-order valence-electron chi connectivity index (χ2n) is 8.36. The van der Waals surface area contributed by atoms with Gasteiger partial charge in [0.15, 0.2) is 0 Å². The molecule has 1 aliphatic carbocycles. The maximum atomic E-state index is 13.4. The zero-order chi connectivity index (χ0) is 18.8. The first-order valence-electron chi connectivity index (χ1n) is 9.99. The van der Waals surface area contributed by atoms with E-state index < -0.39 is 5.41 Å². The number of aromatic amines is 1. The van der Waals surface area contributed by atoms with Crippen molar-refractivity contribution in [3.8, 4) is 6.07 Å². The number of carbonyl (C=O) groups excluding carboxylic acids is 1. The summed E-state index contributed by atoms with van der Waals surface area (Å²) in [6.07, 6.45) is 3.61. The van der Waals surface area contributed by atoms with Crippen LogP contribution in [0, 0.1) is 23.2 Å². The number of nitrogens with one attached hydrogen (secondary N) is 1. The van der Waals surface area contributed by atoms with Gasteiger partial charge < -0.3 is 9.72 Å². The van der Waals surface area contributed by atoms with Gasteiger partial charge in [0.2, 0.25) is 0 Å². The van der Waals surface area contributed by atoms with Gasteiger partial charge in [-0.3, -0.25) is 9.69 Å². The van der Waals surface area contributed by atoms with E-state index in [4.69, 9.17) is 4.74 Å². The Morgan fingerprint density at radius 3 is 3.00 bits per heavy atom. The van der Waals surface area contributed by atoms with E-state index in [1.165, 1.54) is 18.1 Å². The minimum absolute atomic E-state index is 0.0268. The highest BCUT2D eigenvalue weighted by atomic mass is 16.5. The molecule has 0 radical (unpaired) electrons. The van der Waals surface area contributed by atoms with Gasteiger partial charge in [0.1, 0.15) is 11.5 Å². The Bertz CT molecular complexity index is 958. The van der Waals surface area contributed by atoms with Crippen LogP contribution in [0.2, 0.25) is 0 Å². The van der Waals surface area contributed by atoms with Gasteiger partial charge in [0.25, 0.3) is 0 Å². The number of rotatable bonds is 2. The first-order chi connectivity index (χ1) is 13.2. The highest BCUT2D eigenvalue weighted by molar-refractivity contribution is 5.91. The lowest BCUT2D eigenvalue weighted by Crippen LogP contribution is -2.70. The fraction of sp³-hybridized carbons (Fsp3) is 0.545. The number of fused-ring (bicyclic) bond motifs is 4. The Hall–Kier alpha value is -2.32. The van der Waals surface area contributed by atoms with E-state index in [1.807, 2.05) is 6.07 Å². The lowest BCUT2D eigenvalue weighted by atomic mass is 9.54. The van der Waals surface area contributed by atoms with Crippen LogP contribution in [-0.4, -0.2) is 41.6 Å². The van der Waals surface area contributed by atoms with Crippen LogP contribution in [0.4, 0.5) is 0 Å². The topological polar surface area (TPSA) is 69.1 Å². The first-order valence-corrected chi connectivity index (χ1v) is 9.99. The van der Waals surface area contributed by atoms with Crippen LogP contribution in [0.1, 0.15) is 37.4 Å². The first kappa shape index (κ1) is 16.8. The van der Waals surface area contributed by atoms with Crippen molar-refractivity contribution in [2.45, 2.75) is 50.1 Å². The molecule has 2 unspecified atom stereocenters. The van der Waals surface area contributed by atoms with Crippen LogP contribution in [-0.2, 0) is 21.4 Å². The fourth-order valence-corrected chi connectivity index (χ4v) is 6.44. The Morgan fingerprint density at radius 1 is 1.44 bits per heavy atom. The molecule has 6 rings (SSSR count). The molecule has 1 N–H and O–H groups in total. The molecule has 3 fully saturated rings. The van der Waals surface area contributed by atoms with Crippen LogP contribution in [0.3, 0.4) is 0 Å². The van der Waals surface area contributed by atoms with Gasteiger partial charge in [-0.2, -0.15) is 5.26 Å². The Morgan fingerprint density at radius 2 is 2.26 bits per heavy atom. The lowest BCUT2D eigenvalue weighted by molar-refractivity contribution is -0.165. The molecule has 5 heteroatoms. The molecule has 5 nitrogen and oxygen atoms in total. The third kappa shape index (κ3) is 2.00. The van der Waals surface area contributed by atoms with Crippen molar-refractivity contribution in [2.75, 3.05) is 13.7 Å². The molecule has 1 aromatic carbocycles. The number of benzene rings is 1. The molecule has 2 saturated heterocycles. The summed E-state index contributed by atoms with van der Waals surface area (Å²) in [5, 5.41) is 11.1. The SMILES string of the molecule is CC[C@H]1C[C@H]2C[C@@]3(C(=O)OC)c4[nH]c5ccccc5c4CCN(C2C#N)[C@@H]13. The van der Waals surface area contributed by atoms with Crippen LogP contribution in [0.25, 0.3) is 10.9 Å². The number of carbonyl (C=O) groups is 1. The normalized spacial score (nSPS) is 36.7. The number of hydrogen-bond donors (Lipinski definition) is 1. The molecule has 4 bridgehead atoms. The molecule has 4 aliphatic rings. The minimum Gasteiger partial charge on any atom is -0.468 e. The largest absolute Gasteiger partial charge is 0.468 e. The maximum absolute atomic E-state index is 13.4. The van der Waals surface area contributed by atoms with Gasteiger partial charge in [-0.15, -0.1) is 0 Å². The lowest BCUT2D eigenvalue weighted by Gasteiger charge is -2.59. The zero-order valence-electron chi connectivity index (χ0n) is 15.9. The van der Waals surface area contributed by atoms with Crippen molar-refractivity contribution in [3.63, 3.8) is 0 Å². The van der Waals surface area contributed by atoms with Crippen molar-refractivity contribution >= 4 is 16.9 Å². The van der Waals surface area contributed by atoms with Crippen molar-refractivity contribution in [1.82, 2.24) is 9.88 Å². The van der Waals surface area contributed by atoms with Crippen LogP contribution in [0.5, 0.6) is 0 Å². The number of aromatic nitrogens is 1. The van der Waals surface area contributed by atoms with Crippen molar-refractivity contribution < 1.29 is 9.53 Å². The molecule has 3 aliphatic heterocycles. The number of methoxy groups -OCH3 is 1. The van der Waals surface area contributed by atoms with E-state index >= 15 is 0 Å². The van der Waals surface area contributed by atoms with Gasteiger partial charge >= 0.3 is 5.97 Å². The maximum Gasteiger partial charge on any atom is 0.319 e. The molecule has 2 aromatic rings. The van der Waals surface area contributed by atoms with E-state index in [1.54, 1.807) is 0 Å². The molecular weight excluding hydrogens is 338 g/mol. The number of piperidine rings is 2. The number of ether oxygens (including phenoxy) is 1. The summed E-state index contributed by atoms with van der Waals surface area (Å²) >= 11 is 0. The van der Waals surface area contributed by atoms with Gasteiger partial charge in [-0.05, 0) is 42.7 Å². The van der Waals surface area contributed by atoms with Gasteiger partial charge in [-0.25, -0.2) is 0 Å². The standard InChI is InChI=1S/C22H25N3O2/c1-3-13-10-14-11-22(21(26)27-2)19-16(15-6-4-5-7-17(15)24-19)8-9-25(20(13)22)18(14)12-23/h4-7,13-14,18,20,24H,3,8-11H2,1-2H3/t13-,14-,18?,20-,22+/m0/s1. The quantitative estimate of drug-likeness (QED) is 0.832. The van der Waals surface area contributed by atoms with Gasteiger partial charge in [-0.1, -0.05) is 31.5 Å². The Balaban J connectivity index is 1.81. The van der Waals surface area contributed by atoms with Crippen LogP contribution < -0.4 is 0 Å². The van der Waals surface area contributed by atoms with Crippen molar-refractivity contribution in [2.24, 2.45) is 11.8 Å². The number of esters is 1. The molecule has 0 spiro atoms. The second-order valence-corrected chi connectivity index (χ2v) is 8.36.